The van der Waals surface area contributed by atoms with Gasteiger partial charge in [0.2, 0.25) is 0 Å². The molecule has 22 heavy (non-hydrogen) atoms. The molecule has 0 fully saturated rings. The molecule has 3 heterocycles. The Balaban J connectivity index is 2.04. The second kappa shape index (κ2) is 4.26. The van der Waals surface area contributed by atoms with Crippen molar-refractivity contribution in [3.8, 4) is 0 Å². The highest BCUT2D eigenvalue weighted by atomic mass is 19.2. The normalized spacial score (nSPS) is 18.3. The molecule has 0 atom stereocenters. The number of aryl methyl sites for hydroxylation is 1. The fourth-order valence-electron chi connectivity index (χ4n) is 3.11. The van der Waals surface area contributed by atoms with Crippen molar-refractivity contribution < 1.29 is 17.5 Å². The summed E-state index contributed by atoms with van der Waals surface area (Å²) in [4.78, 5) is 0. The third-order valence-electron chi connectivity index (χ3n) is 4.19. The van der Waals surface area contributed by atoms with E-state index in [2.05, 4.69) is 0 Å². The van der Waals surface area contributed by atoms with Crippen LogP contribution in [0.2, 0.25) is 0 Å². The van der Waals surface area contributed by atoms with Crippen LogP contribution in [0.3, 0.4) is 0 Å². The summed E-state index contributed by atoms with van der Waals surface area (Å²) in [5.41, 5.74) is 2.80. The number of aromatic nitrogens is 1. The van der Waals surface area contributed by atoms with Crippen LogP contribution < -0.4 is 0 Å². The van der Waals surface area contributed by atoms with Gasteiger partial charge < -0.3 is 17.6 Å². The summed E-state index contributed by atoms with van der Waals surface area (Å²) in [7, 11) is 0. The molecule has 4 rings (SSSR count). The lowest BCUT2D eigenvalue weighted by Crippen LogP contribution is -2.49. The maximum Gasteiger partial charge on any atom is 0.737 e. The average molecular weight is 300 g/mol. The first-order valence-electron chi connectivity index (χ1n) is 7.00. The maximum absolute atomic E-state index is 14.6. The number of halogens is 3. The van der Waals surface area contributed by atoms with Gasteiger partial charge in [0.1, 0.15) is 12.0 Å². The summed E-state index contributed by atoms with van der Waals surface area (Å²) < 4.78 is 44.7. The van der Waals surface area contributed by atoms with Crippen LogP contribution >= 0.6 is 0 Å². The summed E-state index contributed by atoms with van der Waals surface area (Å²) in [5.74, 6) is -0.305. The second-order valence-corrected chi connectivity index (χ2v) is 5.53. The van der Waals surface area contributed by atoms with E-state index >= 15 is 0 Å². The SMILES string of the molecule is Cc1cc(C2=C3C=CC=[N+]3[B-](F)(F)n3cccc32)ccc1F. The van der Waals surface area contributed by atoms with Crippen LogP contribution in [0.4, 0.5) is 13.0 Å². The van der Waals surface area contributed by atoms with Gasteiger partial charge in [-0.15, -0.1) is 0 Å². The molecule has 0 spiro atoms. The number of rotatable bonds is 1. The van der Waals surface area contributed by atoms with Crippen molar-refractivity contribution in [1.82, 2.24) is 4.48 Å². The molecule has 1 aromatic carbocycles. The van der Waals surface area contributed by atoms with E-state index in [0.29, 0.717) is 22.5 Å². The number of hydrogen-bond donors (Lipinski definition) is 0. The van der Waals surface area contributed by atoms with Crippen LogP contribution in [-0.2, 0) is 0 Å². The smallest absolute Gasteiger partial charge is 0.396 e. The lowest BCUT2D eigenvalue weighted by atomic mass is 9.86. The van der Waals surface area contributed by atoms with E-state index in [1.54, 1.807) is 43.3 Å². The third kappa shape index (κ3) is 1.61. The summed E-state index contributed by atoms with van der Waals surface area (Å²) in [6.07, 6.45) is 6.04. The number of hydrogen-bond acceptors (Lipinski definition) is 0. The molecule has 1 aromatic heterocycles. The van der Waals surface area contributed by atoms with E-state index in [4.69, 9.17) is 0 Å². The standard InChI is InChI=1S/C16H12BF3N2/c1-11-10-12(6-7-13(11)18)16-14-4-2-8-21(14)17(19,20)22-9-3-5-15(16)22/h2-10H,1H3. The van der Waals surface area contributed by atoms with Crippen molar-refractivity contribution in [3.05, 3.63) is 77.0 Å². The highest BCUT2D eigenvalue weighted by Gasteiger charge is 2.51. The molecule has 0 unspecified atom stereocenters. The molecule has 2 aromatic rings. The zero-order chi connectivity index (χ0) is 15.5. The van der Waals surface area contributed by atoms with Gasteiger partial charge in [-0.3, -0.25) is 0 Å². The fraction of sp³-hybridized carbons (Fsp3) is 0.0625. The van der Waals surface area contributed by atoms with Gasteiger partial charge in [-0.05, 0) is 48.5 Å². The second-order valence-electron chi connectivity index (χ2n) is 5.53. The molecule has 2 aliphatic heterocycles. The minimum Gasteiger partial charge on any atom is -0.396 e. The van der Waals surface area contributed by atoms with E-state index in [1.807, 2.05) is 0 Å². The minimum atomic E-state index is -3.89. The molecule has 0 aliphatic carbocycles. The van der Waals surface area contributed by atoms with E-state index in [-0.39, 0.29) is 5.82 Å². The lowest BCUT2D eigenvalue weighted by molar-refractivity contribution is -0.356. The molecule has 2 aliphatic rings. The highest BCUT2D eigenvalue weighted by molar-refractivity contribution is 6.57. The first-order chi connectivity index (χ1) is 10.5. The fourth-order valence-corrected chi connectivity index (χ4v) is 3.11. The van der Waals surface area contributed by atoms with Crippen LogP contribution in [0, 0.1) is 12.7 Å². The lowest BCUT2D eigenvalue weighted by Gasteiger charge is -2.31. The van der Waals surface area contributed by atoms with Crippen LogP contribution in [0.25, 0.3) is 5.57 Å². The van der Waals surface area contributed by atoms with Gasteiger partial charge in [0.05, 0.1) is 5.57 Å². The molecule has 0 bridgehead atoms. The van der Waals surface area contributed by atoms with Gasteiger partial charge in [-0.1, -0.05) is 6.07 Å². The van der Waals surface area contributed by atoms with Gasteiger partial charge >= 0.3 is 6.97 Å². The van der Waals surface area contributed by atoms with Crippen LogP contribution in [0.15, 0.2) is 54.4 Å². The van der Waals surface area contributed by atoms with E-state index < -0.39 is 6.97 Å². The number of nitrogens with zero attached hydrogens (tertiary/aromatic N) is 2. The Kier molecular flexibility index (Phi) is 2.55. The largest absolute Gasteiger partial charge is 0.737 e. The molecular weight excluding hydrogens is 288 g/mol. The predicted octanol–water partition coefficient (Wildman–Crippen LogP) is 3.58. The van der Waals surface area contributed by atoms with E-state index in [9.17, 15) is 13.0 Å². The summed E-state index contributed by atoms with van der Waals surface area (Å²) >= 11 is 0. The monoisotopic (exact) mass is 300 g/mol. The van der Waals surface area contributed by atoms with Gasteiger partial charge in [-0.2, -0.15) is 0 Å². The molecule has 6 heteroatoms. The predicted molar refractivity (Wildman–Crippen MR) is 80.4 cm³/mol. The van der Waals surface area contributed by atoms with Crippen molar-refractivity contribution in [2.45, 2.75) is 6.92 Å². The van der Waals surface area contributed by atoms with Crippen LogP contribution in [0.5, 0.6) is 0 Å². The Bertz CT molecular complexity index is 891. The van der Waals surface area contributed by atoms with Crippen molar-refractivity contribution in [2.75, 3.05) is 0 Å². The number of benzene rings is 1. The first kappa shape index (κ1) is 13.2. The van der Waals surface area contributed by atoms with Gasteiger partial charge in [0.25, 0.3) is 0 Å². The molecule has 2 nitrogen and oxygen atoms in total. The maximum atomic E-state index is 14.6. The summed E-state index contributed by atoms with van der Waals surface area (Å²) in [6.45, 7) is -2.23. The van der Waals surface area contributed by atoms with Gasteiger partial charge in [0, 0.05) is 17.8 Å². The Morgan fingerprint density at radius 2 is 2.00 bits per heavy atom. The molecule has 0 N–H and O–H groups in total. The Morgan fingerprint density at radius 3 is 2.77 bits per heavy atom. The van der Waals surface area contributed by atoms with Crippen molar-refractivity contribution in [1.29, 1.82) is 0 Å². The summed E-state index contributed by atoms with van der Waals surface area (Å²) in [6, 6.07) is 7.96. The van der Waals surface area contributed by atoms with Crippen molar-refractivity contribution in [2.24, 2.45) is 0 Å². The average Bonchev–Trinajstić information content (AvgIpc) is 3.12. The topological polar surface area (TPSA) is 7.94 Å². The zero-order valence-electron chi connectivity index (χ0n) is 11.8. The Labute approximate surface area is 125 Å². The van der Waals surface area contributed by atoms with Crippen molar-refractivity contribution >= 4 is 18.8 Å². The van der Waals surface area contributed by atoms with E-state index in [1.165, 1.54) is 18.5 Å². The molecule has 0 amide bonds. The van der Waals surface area contributed by atoms with Crippen molar-refractivity contribution in [3.63, 3.8) is 0 Å². The number of allylic oxidation sites excluding steroid dienone is 2. The molecule has 0 radical (unpaired) electrons. The number of fused-ring (bicyclic) bond motifs is 2. The zero-order valence-corrected chi connectivity index (χ0v) is 11.8. The van der Waals surface area contributed by atoms with Crippen LogP contribution in [-0.4, -0.2) is 22.1 Å². The van der Waals surface area contributed by atoms with E-state index in [0.717, 1.165) is 14.5 Å². The molecular formula is C16H12BF3N2. The molecule has 0 saturated heterocycles. The summed E-state index contributed by atoms with van der Waals surface area (Å²) in [5, 5.41) is 0. The van der Waals surface area contributed by atoms with Crippen LogP contribution in [0.1, 0.15) is 16.8 Å². The van der Waals surface area contributed by atoms with Gasteiger partial charge in [0.15, 0.2) is 5.70 Å². The Hall–Kier alpha value is -2.50. The highest BCUT2D eigenvalue weighted by Crippen LogP contribution is 2.38. The quantitative estimate of drug-likeness (QED) is 0.711. The van der Waals surface area contributed by atoms with Gasteiger partial charge in [-0.25, -0.2) is 4.39 Å². The Morgan fingerprint density at radius 1 is 1.18 bits per heavy atom. The minimum absolute atomic E-state index is 0.305. The third-order valence-corrected chi connectivity index (χ3v) is 4.19. The molecule has 110 valence electrons. The first-order valence-corrected chi connectivity index (χ1v) is 7.00. The molecule has 0 saturated carbocycles.